The summed E-state index contributed by atoms with van der Waals surface area (Å²) in [5, 5.41) is 14.9. The molecule has 0 bridgehead atoms. The predicted octanol–water partition coefficient (Wildman–Crippen LogP) is 2.52. The Bertz CT molecular complexity index is 927. The van der Waals surface area contributed by atoms with E-state index in [0.29, 0.717) is 28.4 Å². The van der Waals surface area contributed by atoms with Gasteiger partial charge in [-0.25, -0.2) is 0 Å². The monoisotopic (exact) mass is 411 g/mol. The number of nitrogens with zero attached hydrogens (tertiary/aromatic N) is 1. The normalized spacial score (nSPS) is 11.0. The van der Waals surface area contributed by atoms with Gasteiger partial charge in [0.25, 0.3) is 5.91 Å². The van der Waals surface area contributed by atoms with E-state index in [1.807, 2.05) is 19.1 Å². The van der Waals surface area contributed by atoms with Gasteiger partial charge in [0.15, 0.2) is 11.5 Å². The first-order chi connectivity index (χ1) is 14.4. The van der Waals surface area contributed by atoms with E-state index < -0.39 is 6.04 Å². The van der Waals surface area contributed by atoms with Gasteiger partial charge in [0, 0.05) is 18.5 Å². The Morgan fingerprint density at radius 1 is 1.07 bits per heavy atom. The molecule has 0 aliphatic carbocycles. The van der Waals surface area contributed by atoms with Crippen LogP contribution < -0.4 is 24.8 Å². The molecule has 2 aromatic rings. The Kier molecular flexibility index (Phi) is 8.06. The number of hydrogen-bond acceptors (Lipinski definition) is 6. The molecule has 0 heterocycles. The molecule has 0 fully saturated rings. The second-order valence-electron chi connectivity index (χ2n) is 6.41. The summed E-state index contributed by atoms with van der Waals surface area (Å²) in [6.07, 6.45) is 0.0280. The third-order valence-corrected chi connectivity index (χ3v) is 4.48. The number of aryl methyl sites for hydroxylation is 1. The zero-order valence-corrected chi connectivity index (χ0v) is 17.4. The molecule has 30 heavy (non-hydrogen) atoms. The average molecular weight is 411 g/mol. The molecule has 0 aliphatic rings. The van der Waals surface area contributed by atoms with E-state index in [-0.39, 0.29) is 24.8 Å². The maximum atomic E-state index is 12.3. The van der Waals surface area contributed by atoms with Crippen LogP contribution in [-0.2, 0) is 4.79 Å². The fourth-order valence-corrected chi connectivity index (χ4v) is 2.90. The summed E-state index contributed by atoms with van der Waals surface area (Å²) < 4.78 is 15.8. The summed E-state index contributed by atoms with van der Waals surface area (Å²) in [5.41, 5.74) is 1.90. The number of benzene rings is 2. The molecule has 0 aliphatic heterocycles. The molecule has 0 spiro atoms. The molecule has 1 unspecified atom stereocenters. The van der Waals surface area contributed by atoms with Crippen LogP contribution in [0.25, 0.3) is 0 Å². The first-order valence-electron chi connectivity index (χ1n) is 9.27. The van der Waals surface area contributed by atoms with Crippen molar-refractivity contribution in [1.82, 2.24) is 10.6 Å². The van der Waals surface area contributed by atoms with Gasteiger partial charge in [-0.2, -0.15) is 5.26 Å². The van der Waals surface area contributed by atoms with E-state index in [1.54, 1.807) is 24.3 Å². The summed E-state index contributed by atoms with van der Waals surface area (Å²) in [6, 6.07) is 11.5. The van der Waals surface area contributed by atoms with Gasteiger partial charge in [-0.15, -0.1) is 0 Å². The minimum absolute atomic E-state index is 0.0280. The van der Waals surface area contributed by atoms with Gasteiger partial charge < -0.3 is 24.8 Å². The highest BCUT2D eigenvalue weighted by Crippen LogP contribution is 2.39. The number of nitriles is 1. The van der Waals surface area contributed by atoms with Gasteiger partial charge in [0.05, 0.1) is 27.4 Å². The summed E-state index contributed by atoms with van der Waals surface area (Å²) in [7, 11) is 4.42. The number of hydrogen-bond donors (Lipinski definition) is 2. The molecule has 2 N–H and O–H groups in total. The highest BCUT2D eigenvalue weighted by molar-refractivity contribution is 5.95. The minimum Gasteiger partial charge on any atom is -0.493 e. The van der Waals surface area contributed by atoms with Crippen LogP contribution in [0.1, 0.15) is 33.9 Å². The first kappa shape index (κ1) is 22.6. The van der Waals surface area contributed by atoms with E-state index in [4.69, 9.17) is 14.2 Å². The van der Waals surface area contributed by atoms with E-state index in [9.17, 15) is 14.9 Å². The van der Waals surface area contributed by atoms with E-state index in [1.165, 1.54) is 21.3 Å². The fraction of sp³-hybridized carbons (Fsp3) is 0.318. The summed E-state index contributed by atoms with van der Waals surface area (Å²) in [4.78, 5) is 24.5. The third-order valence-electron chi connectivity index (χ3n) is 4.48. The van der Waals surface area contributed by atoms with Crippen molar-refractivity contribution >= 4 is 11.8 Å². The minimum atomic E-state index is -0.918. The highest BCUT2D eigenvalue weighted by atomic mass is 16.5. The number of nitrogens with one attached hydrogen (secondary N) is 2. The number of carbonyl (C=O) groups excluding carboxylic acids is 2. The van der Waals surface area contributed by atoms with E-state index in [2.05, 4.69) is 16.7 Å². The molecule has 8 nitrogen and oxygen atoms in total. The summed E-state index contributed by atoms with van der Waals surface area (Å²) >= 11 is 0. The van der Waals surface area contributed by atoms with Crippen molar-refractivity contribution in [2.75, 3.05) is 27.9 Å². The smallest absolute Gasteiger partial charge is 0.251 e. The molecule has 1 atom stereocenters. The lowest BCUT2D eigenvalue weighted by Gasteiger charge is -2.17. The van der Waals surface area contributed by atoms with E-state index in [0.717, 1.165) is 5.56 Å². The van der Waals surface area contributed by atoms with Gasteiger partial charge in [0.2, 0.25) is 11.7 Å². The molecule has 0 saturated carbocycles. The van der Waals surface area contributed by atoms with Crippen molar-refractivity contribution in [3.05, 3.63) is 53.1 Å². The predicted molar refractivity (Wildman–Crippen MR) is 111 cm³/mol. The zero-order valence-electron chi connectivity index (χ0n) is 17.4. The quantitative estimate of drug-likeness (QED) is 0.656. The van der Waals surface area contributed by atoms with Crippen LogP contribution in [0.2, 0.25) is 0 Å². The second-order valence-corrected chi connectivity index (χ2v) is 6.41. The zero-order chi connectivity index (χ0) is 22.1. The average Bonchev–Trinajstić information content (AvgIpc) is 2.76. The van der Waals surface area contributed by atoms with Crippen LogP contribution in [0.5, 0.6) is 17.2 Å². The molecule has 0 saturated heterocycles. The van der Waals surface area contributed by atoms with Gasteiger partial charge in [-0.3, -0.25) is 9.59 Å². The lowest BCUT2D eigenvalue weighted by atomic mass is 10.1. The van der Waals surface area contributed by atoms with Crippen molar-refractivity contribution in [2.24, 2.45) is 0 Å². The lowest BCUT2D eigenvalue weighted by Crippen LogP contribution is -2.32. The maximum Gasteiger partial charge on any atom is 0.251 e. The number of amides is 2. The van der Waals surface area contributed by atoms with Crippen molar-refractivity contribution in [3.8, 4) is 23.3 Å². The van der Waals surface area contributed by atoms with E-state index >= 15 is 0 Å². The largest absolute Gasteiger partial charge is 0.493 e. The Hall–Kier alpha value is -3.73. The number of ether oxygens (including phenoxy) is 3. The Morgan fingerprint density at radius 2 is 1.70 bits per heavy atom. The van der Waals surface area contributed by atoms with Crippen molar-refractivity contribution in [3.63, 3.8) is 0 Å². The Balaban J connectivity index is 2.01. The maximum absolute atomic E-state index is 12.3. The Morgan fingerprint density at radius 3 is 2.23 bits per heavy atom. The fourth-order valence-electron chi connectivity index (χ4n) is 2.90. The summed E-state index contributed by atoms with van der Waals surface area (Å²) in [5.74, 6) is 0.534. The van der Waals surface area contributed by atoms with Crippen LogP contribution >= 0.6 is 0 Å². The van der Waals surface area contributed by atoms with Crippen LogP contribution in [0.4, 0.5) is 0 Å². The number of methoxy groups -OCH3 is 3. The molecule has 2 rings (SSSR count). The van der Waals surface area contributed by atoms with Gasteiger partial charge >= 0.3 is 0 Å². The molecular formula is C22H25N3O5. The van der Waals surface area contributed by atoms with Crippen molar-refractivity contribution < 1.29 is 23.8 Å². The van der Waals surface area contributed by atoms with Gasteiger partial charge in [0.1, 0.15) is 6.04 Å². The lowest BCUT2D eigenvalue weighted by molar-refractivity contribution is -0.121. The third kappa shape index (κ3) is 5.41. The molecule has 0 aromatic heterocycles. The molecular weight excluding hydrogens is 386 g/mol. The first-order valence-corrected chi connectivity index (χ1v) is 9.27. The molecule has 158 valence electrons. The van der Waals surface area contributed by atoms with Crippen LogP contribution in [0.15, 0.2) is 36.4 Å². The summed E-state index contributed by atoms with van der Waals surface area (Å²) in [6.45, 7) is 1.99. The van der Waals surface area contributed by atoms with Crippen LogP contribution in [0, 0.1) is 18.3 Å². The molecule has 8 heteroatoms. The van der Waals surface area contributed by atoms with Gasteiger partial charge in [-0.05, 0) is 36.2 Å². The number of rotatable bonds is 9. The second kappa shape index (κ2) is 10.7. The molecule has 0 radical (unpaired) electrons. The highest BCUT2D eigenvalue weighted by Gasteiger charge is 2.20. The van der Waals surface area contributed by atoms with Crippen molar-refractivity contribution in [2.45, 2.75) is 19.4 Å². The van der Waals surface area contributed by atoms with Crippen LogP contribution in [0.3, 0.4) is 0 Å². The standard InChI is InChI=1S/C22H25N3O5/c1-14-7-5-6-8-16(14)22(27)24-10-9-20(26)25-17(13-23)15-11-18(28-2)21(30-4)19(12-15)29-3/h5-8,11-12,17H,9-10H2,1-4H3,(H,24,27)(H,25,26). The molecule has 2 amide bonds. The SMILES string of the molecule is COc1cc(C(C#N)NC(=O)CCNC(=O)c2ccccc2C)cc(OC)c1OC. The van der Waals surface area contributed by atoms with Gasteiger partial charge in [-0.1, -0.05) is 18.2 Å². The van der Waals surface area contributed by atoms with Crippen LogP contribution in [-0.4, -0.2) is 39.7 Å². The number of carbonyl (C=O) groups is 2. The van der Waals surface area contributed by atoms with Crippen molar-refractivity contribution in [1.29, 1.82) is 5.26 Å². The Labute approximate surface area is 175 Å². The molecule has 2 aromatic carbocycles. The topological polar surface area (TPSA) is 110 Å².